The van der Waals surface area contributed by atoms with Gasteiger partial charge in [0, 0.05) is 35.5 Å². The molecule has 0 amide bonds. The fourth-order valence-corrected chi connectivity index (χ4v) is 3.29. The van der Waals surface area contributed by atoms with Crippen molar-refractivity contribution in [2.45, 2.75) is 31.6 Å². The Kier molecular flexibility index (Phi) is 5.33. The second kappa shape index (κ2) is 7.51. The first-order valence-corrected chi connectivity index (χ1v) is 9.83. The van der Waals surface area contributed by atoms with Gasteiger partial charge in [0.05, 0.1) is 17.5 Å². The van der Waals surface area contributed by atoms with Gasteiger partial charge >= 0.3 is 0 Å². The second-order valence-electron chi connectivity index (χ2n) is 6.35. The molecule has 6 nitrogen and oxygen atoms in total. The zero-order valence-electron chi connectivity index (χ0n) is 14.5. The summed E-state index contributed by atoms with van der Waals surface area (Å²) in [6, 6.07) is 8.40. The number of aromatic nitrogens is 1. The monoisotopic (exact) mass is 377 g/mol. The van der Waals surface area contributed by atoms with Gasteiger partial charge in [-0.15, -0.1) is 0 Å². The van der Waals surface area contributed by atoms with Gasteiger partial charge in [0.2, 0.25) is 10.0 Å². The average Bonchev–Trinajstić information content (AvgIpc) is 3.10. The van der Waals surface area contributed by atoms with Crippen LogP contribution >= 0.6 is 0 Å². The van der Waals surface area contributed by atoms with Crippen LogP contribution in [0, 0.1) is 5.82 Å². The first kappa shape index (κ1) is 18.5. The van der Waals surface area contributed by atoms with Gasteiger partial charge in [0.25, 0.3) is 0 Å². The van der Waals surface area contributed by atoms with E-state index in [9.17, 15) is 12.8 Å². The lowest BCUT2D eigenvalue weighted by Gasteiger charge is -2.12. The molecule has 1 unspecified atom stereocenters. The summed E-state index contributed by atoms with van der Waals surface area (Å²) >= 11 is 0. The largest absolute Gasteiger partial charge is 0.390 e. The lowest BCUT2D eigenvalue weighted by molar-refractivity contribution is 0.0891. The number of nitrogens with one attached hydrogen (secondary N) is 1. The number of nitrogens with zero attached hydrogens (tertiary/aromatic N) is 2. The van der Waals surface area contributed by atoms with Crippen LogP contribution in [0.4, 0.5) is 4.39 Å². The summed E-state index contributed by atoms with van der Waals surface area (Å²) in [4.78, 5) is 9.28. The SMILES string of the molecule is CC(C)S(=O)(=O)NCC1CC(c2ccc(-c3cccnc3)c(F)c2)=NO1. The normalized spacial score (nSPS) is 17.2. The molecule has 1 N–H and O–H groups in total. The minimum Gasteiger partial charge on any atom is -0.390 e. The van der Waals surface area contributed by atoms with Gasteiger partial charge in [-0.05, 0) is 26.0 Å². The van der Waals surface area contributed by atoms with Crippen molar-refractivity contribution in [2.75, 3.05) is 6.54 Å². The van der Waals surface area contributed by atoms with Gasteiger partial charge in [0.15, 0.2) is 0 Å². The van der Waals surface area contributed by atoms with Crippen LogP contribution in [0.2, 0.25) is 0 Å². The molecule has 0 saturated heterocycles. The molecule has 1 aromatic heterocycles. The zero-order valence-corrected chi connectivity index (χ0v) is 15.3. The Balaban J connectivity index is 1.67. The van der Waals surface area contributed by atoms with Crippen LogP contribution in [-0.4, -0.2) is 37.0 Å². The van der Waals surface area contributed by atoms with E-state index in [2.05, 4.69) is 14.9 Å². The van der Waals surface area contributed by atoms with Crippen molar-refractivity contribution in [1.82, 2.24) is 9.71 Å². The Labute approximate surface area is 152 Å². The number of hydrogen-bond acceptors (Lipinski definition) is 5. The first-order chi connectivity index (χ1) is 12.4. The Morgan fingerprint density at radius 1 is 1.31 bits per heavy atom. The highest BCUT2D eigenvalue weighted by Gasteiger charge is 2.25. The molecule has 138 valence electrons. The Morgan fingerprint density at radius 2 is 2.12 bits per heavy atom. The van der Waals surface area contributed by atoms with E-state index < -0.39 is 21.4 Å². The number of halogens is 1. The van der Waals surface area contributed by atoms with E-state index in [1.54, 1.807) is 50.5 Å². The van der Waals surface area contributed by atoms with Crippen LogP contribution in [0.25, 0.3) is 11.1 Å². The molecule has 2 heterocycles. The fraction of sp³-hybridized carbons (Fsp3) is 0.333. The summed E-state index contributed by atoms with van der Waals surface area (Å²) in [6.45, 7) is 3.34. The molecular formula is C18H20FN3O3S. The van der Waals surface area contributed by atoms with Crippen LogP contribution in [0.15, 0.2) is 47.9 Å². The van der Waals surface area contributed by atoms with E-state index >= 15 is 0 Å². The maximum Gasteiger partial charge on any atom is 0.214 e. The van der Waals surface area contributed by atoms with Crippen molar-refractivity contribution >= 4 is 15.7 Å². The van der Waals surface area contributed by atoms with Crippen LogP contribution in [-0.2, 0) is 14.9 Å². The molecular weight excluding hydrogens is 357 g/mol. The summed E-state index contributed by atoms with van der Waals surface area (Å²) < 4.78 is 40.6. The highest BCUT2D eigenvalue weighted by atomic mass is 32.2. The smallest absolute Gasteiger partial charge is 0.214 e. The van der Waals surface area contributed by atoms with Gasteiger partial charge in [0.1, 0.15) is 11.9 Å². The summed E-state index contributed by atoms with van der Waals surface area (Å²) in [7, 11) is -3.36. The lowest BCUT2D eigenvalue weighted by atomic mass is 10.0. The quantitative estimate of drug-likeness (QED) is 0.839. The maximum atomic E-state index is 14.5. The van der Waals surface area contributed by atoms with Gasteiger partial charge in [-0.3, -0.25) is 4.98 Å². The second-order valence-corrected chi connectivity index (χ2v) is 8.67. The van der Waals surface area contributed by atoms with Gasteiger partial charge < -0.3 is 4.84 Å². The number of sulfonamides is 1. The summed E-state index contributed by atoms with van der Waals surface area (Å²) in [5, 5.41) is 3.46. The minimum absolute atomic E-state index is 0.129. The molecule has 0 bridgehead atoms. The standard InChI is InChI=1S/C18H20FN3O3S/c1-12(2)26(23,24)21-11-15-9-18(22-25-15)13-5-6-16(17(19)8-13)14-4-3-7-20-10-14/h3-8,10,12,15,21H,9,11H2,1-2H3. The topological polar surface area (TPSA) is 80.7 Å². The van der Waals surface area contributed by atoms with Gasteiger partial charge in [-0.2, -0.15) is 0 Å². The van der Waals surface area contributed by atoms with Crippen LogP contribution in [0.3, 0.4) is 0 Å². The molecule has 0 aliphatic carbocycles. The number of hydrogen-bond donors (Lipinski definition) is 1. The van der Waals surface area contributed by atoms with E-state index in [1.807, 2.05) is 0 Å². The predicted molar refractivity (Wildman–Crippen MR) is 97.7 cm³/mol. The molecule has 0 fully saturated rings. The molecule has 1 aliphatic rings. The number of oxime groups is 1. The molecule has 8 heteroatoms. The van der Waals surface area contributed by atoms with Crippen LogP contribution < -0.4 is 4.72 Å². The number of rotatable bonds is 6. The van der Waals surface area contributed by atoms with Crippen molar-refractivity contribution < 1.29 is 17.6 Å². The summed E-state index contributed by atoms with van der Waals surface area (Å²) in [6.07, 6.45) is 3.24. The fourth-order valence-electron chi connectivity index (χ4n) is 2.53. The molecule has 3 rings (SSSR count). The first-order valence-electron chi connectivity index (χ1n) is 8.28. The molecule has 0 spiro atoms. The number of benzene rings is 1. The van der Waals surface area contributed by atoms with Gasteiger partial charge in [-0.25, -0.2) is 17.5 Å². The third-order valence-electron chi connectivity index (χ3n) is 4.14. The third-order valence-corrected chi connectivity index (χ3v) is 5.95. The molecule has 1 aromatic carbocycles. The van der Waals surface area contributed by atoms with E-state index in [4.69, 9.17) is 4.84 Å². The Morgan fingerprint density at radius 3 is 2.77 bits per heavy atom. The third kappa shape index (κ3) is 4.08. The maximum absolute atomic E-state index is 14.5. The lowest BCUT2D eigenvalue weighted by Crippen LogP contribution is -2.36. The highest BCUT2D eigenvalue weighted by Crippen LogP contribution is 2.25. The van der Waals surface area contributed by atoms with Crippen molar-refractivity contribution in [3.8, 4) is 11.1 Å². The Hall–Kier alpha value is -2.32. The average molecular weight is 377 g/mol. The van der Waals surface area contributed by atoms with Crippen LogP contribution in [0.1, 0.15) is 25.8 Å². The van der Waals surface area contributed by atoms with Crippen molar-refractivity contribution in [2.24, 2.45) is 5.16 Å². The molecule has 0 saturated carbocycles. The summed E-state index contributed by atoms with van der Waals surface area (Å²) in [5.74, 6) is -0.373. The zero-order chi connectivity index (χ0) is 18.7. The highest BCUT2D eigenvalue weighted by molar-refractivity contribution is 7.90. The molecule has 1 aliphatic heterocycles. The van der Waals surface area contributed by atoms with E-state index in [-0.39, 0.29) is 12.4 Å². The predicted octanol–water partition coefficient (Wildman–Crippen LogP) is 2.71. The minimum atomic E-state index is -3.36. The molecule has 1 atom stereocenters. The van der Waals surface area contributed by atoms with Crippen molar-refractivity contribution in [1.29, 1.82) is 0 Å². The van der Waals surface area contributed by atoms with E-state index in [1.165, 1.54) is 6.07 Å². The number of pyridine rings is 1. The molecule has 0 radical (unpaired) electrons. The van der Waals surface area contributed by atoms with Crippen molar-refractivity contribution in [3.05, 3.63) is 54.1 Å². The van der Waals surface area contributed by atoms with E-state index in [0.717, 1.165) is 0 Å². The Bertz CT molecular complexity index is 915. The molecule has 26 heavy (non-hydrogen) atoms. The molecule has 2 aromatic rings. The van der Waals surface area contributed by atoms with Crippen LogP contribution in [0.5, 0.6) is 0 Å². The van der Waals surface area contributed by atoms with E-state index in [0.29, 0.717) is 28.8 Å². The van der Waals surface area contributed by atoms with Gasteiger partial charge in [-0.1, -0.05) is 23.4 Å². The summed E-state index contributed by atoms with van der Waals surface area (Å²) in [5.41, 5.74) is 2.37. The van der Waals surface area contributed by atoms with Crippen molar-refractivity contribution in [3.63, 3.8) is 0 Å².